The van der Waals surface area contributed by atoms with Crippen molar-refractivity contribution >= 4 is 11.0 Å². The first-order valence-electron chi connectivity index (χ1n) is 6.33. The fourth-order valence-corrected chi connectivity index (χ4v) is 2.26. The van der Waals surface area contributed by atoms with Crippen molar-refractivity contribution in [3.8, 4) is 22.6 Å². The van der Waals surface area contributed by atoms with Gasteiger partial charge in [-0.2, -0.15) is 0 Å². The maximum atomic E-state index is 11.8. The predicted molar refractivity (Wildman–Crippen MR) is 78.8 cm³/mol. The molecule has 0 unspecified atom stereocenters. The summed E-state index contributed by atoms with van der Waals surface area (Å²) < 4.78 is 15.8. The topological polar surface area (TPSA) is 61.6 Å². The van der Waals surface area contributed by atoms with Crippen molar-refractivity contribution in [2.24, 2.45) is 0 Å². The van der Waals surface area contributed by atoms with E-state index in [-0.39, 0.29) is 0 Å². The predicted octanol–water partition coefficient (Wildman–Crippen LogP) is 2.87. The standard InChI is InChI=1S/C16H13NO4/c1-19-14-7-12-11(10-3-5-17-6-4-10)8-16(18)21-13(12)9-15(14)20-2/h3-9H,1-2H3. The maximum Gasteiger partial charge on any atom is 0.336 e. The summed E-state index contributed by atoms with van der Waals surface area (Å²) in [5, 5.41) is 0.776. The second kappa shape index (κ2) is 5.28. The number of rotatable bonds is 3. The number of ether oxygens (including phenoxy) is 2. The summed E-state index contributed by atoms with van der Waals surface area (Å²) in [7, 11) is 3.10. The van der Waals surface area contributed by atoms with Gasteiger partial charge >= 0.3 is 5.63 Å². The molecule has 0 aliphatic rings. The Morgan fingerprint density at radius 2 is 1.67 bits per heavy atom. The molecule has 0 bridgehead atoms. The molecule has 0 aliphatic carbocycles. The highest BCUT2D eigenvalue weighted by atomic mass is 16.5. The Labute approximate surface area is 120 Å². The number of hydrogen-bond donors (Lipinski definition) is 0. The average Bonchev–Trinajstić information content (AvgIpc) is 2.53. The van der Waals surface area contributed by atoms with Crippen LogP contribution in [-0.4, -0.2) is 19.2 Å². The van der Waals surface area contributed by atoms with E-state index in [2.05, 4.69) is 4.98 Å². The monoisotopic (exact) mass is 283 g/mol. The van der Waals surface area contributed by atoms with Crippen molar-refractivity contribution in [3.05, 3.63) is 53.1 Å². The summed E-state index contributed by atoms with van der Waals surface area (Å²) in [6.07, 6.45) is 3.35. The van der Waals surface area contributed by atoms with Gasteiger partial charge in [0, 0.05) is 35.5 Å². The van der Waals surface area contributed by atoms with Gasteiger partial charge in [0.15, 0.2) is 11.5 Å². The van der Waals surface area contributed by atoms with E-state index in [1.807, 2.05) is 12.1 Å². The third-order valence-electron chi connectivity index (χ3n) is 3.24. The van der Waals surface area contributed by atoms with Gasteiger partial charge in [0.1, 0.15) is 5.58 Å². The molecule has 106 valence electrons. The largest absolute Gasteiger partial charge is 0.493 e. The Balaban J connectivity index is 2.37. The average molecular weight is 283 g/mol. The van der Waals surface area contributed by atoms with Crippen LogP contribution in [0.1, 0.15) is 0 Å². The third kappa shape index (κ3) is 2.33. The quantitative estimate of drug-likeness (QED) is 0.692. The van der Waals surface area contributed by atoms with Crippen LogP contribution >= 0.6 is 0 Å². The molecule has 0 saturated carbocycles. The lowest BCUT2D eigenvalue weighted by Gasteiger charge is -2.11. The van der Waals surface area contributed by atoms with Gasteiger partial charge in [-0.15, -0.1) is 0 Å². The van der Waals surface area contributed by atoms with Gasteiger partial charge in [-0.05, 0) is 23.8 Å². The summed E-state index contributed by atoms with van der Waals surface area (Å²) in [4.78, 5) is 15.8. The van der Waals surface area contributed by atoms with Crippen LogP contribution in [0.2, 0.25) is 0 Å². The van der Waals surface area contributed by atoms with Crippen LogP contribution in [0.3, 0.4) is 0 Å². The summed E-state index contributed by atoms with van der Waals surface area (Å²) in [5.41, 5.74) is 1.69. The van der Waals surface area contributed by atoms with E-state index in [0.717, 1.165) is 16.5 Å². The molecule has 0 atom stereocenters. The van der Waals surface area contributed by atoms with E-state index < -0.39 is 5.63 Å². The first kappa shape index (κ1) is 13.2. The zero-order valence-corrected chi connectivity index (χ0v) is 11.6. The van der Waals surface area contributed by atoms with Crippen LogP contribution in [0.25, 0.3) is 22.1 Å². The number of nitrogens with zero attached hydrogens (tertiary/aromatic N) is 1. The molecule has 0 amide bonds. The lowest BCUT2D eigenvalue weighted by atomic mass is 10.0. The van der Waals surface area contributed by atoms with Gasteiger partial charge in [0.05, 0.1) is 14.2 Å². The Hall–Kier alpha value is -2.82. The molecule has 3 rings (SSSR count). The minimum atomic E-state index is -0.415. The molecular formula is C16H13NO4. The molecule has 3 aromatic rings. The first-order valence-corrected chi connectivity index (χ1v) is 6.33. The zero-order valence-electron chi connectivity index (χ0n) is 11.6. The number of pyridine rings is 1. The molecule has 1 aromatic carbocycles. The van der Waals surface area contributed by atoms with Crippen LogP contribution in [0.15, 0.2) is 51.9 Å². The normalized spacial score (nSPS) is 10.6. The van der Waals surface area contributed by atoms with E-state index in [1.54, 1.807) is 31.6 Å². The van der Waals surface area contributed by atoms with Crippen molar-refractivity contribution in [1.82, 2.24) is 4.98 Å². The molecule has 0 radical (unpaired) electrons. The summed E-state index contributed by atoms with van der Waals surface area (Å²) >= 11 is 0. The van der Waals surface area contributed by atoms with Gasteiger partial charge in [-0.25, -0.2) is 4.79 Å². The van der Waals surface area contributed by atoms with E-state index >= 15 is 0 Å². The van der Waals surface area contributed by atoms with Crippen LogP contribution in [0, 0.1) is 0 Å². The number of methoxy groups -OCH3 is 2. The highest BCUT2D eigenvalue weighted by molar-refractivity contribution is 5.95. The zero-order chi connectivity index (χ0) is 14.8. The van der Waals surface area contributed by atoms with Gasteiger partial charge in [0.2, 0.25) is 0 Å². The number of benzene rings is 1. The molecule has 5 nitrogen and oxygen atoms in total. The van der Waals surface area contributed by atoms with Gasteiger partial charge in [-0.1, -0.05) is 0 Å². The highest BCUT2D eigenvalue weighted by Crippen LogP contribution is 2.35. The lowest BCUT2D eigenvalue weighted by Crippen LogP contribution is -1.99. The van der Waals surface area contributed by atoms with Gasteiger partial charge in [-0.3, -0.25) is 4.98 Å². The Morgan fingerprint density at radius 3 is 2.33 bits per heavy atom. The fourth-order valence-electron chi connectivity index (χ4n) is 2.26. The molecule has 0 fully saturated rings. The smallest absolute Gasteiger partial charge is 0.336 e. The van der Waals surface area contributed by atoms with E-state index in [4.69, 9.17) is 13.9 Å². The van der Waals surface area contributed by atoms with Gasteiger partial charge in [0.25, 0.3) is 0 Å². The van der Waals surface area contributed by atoms with Crippen LogP contribution in [0.4, 0.5) is 0 Å². The first-order chi connectivity index (χ1) is 10.2. The van der Waals surface area contributed by atoms with Gasteiger partial charge < -0.3 is 13.9 Å². The molecular weight excluding hydrogens is 270 g/mol. The number of hydrogen-bond acceptors (Lipinski definition) is 5. The maximum absolute atomic E-state index is 11.8. The molecule has 0 saturated heterocycles. The summed E-state index contributed by atoms with van der Waals surface area (Å²) in [6, 6.07) is 8.59. The summed E-state index contributed by atoms with van der Waals surface area (Å²) in [5.74, 6) is 1.09. The fraction of sp³-hybridized carbons (Fsp3) is 0.125. The second-order valence-electron chi connectivity index (χ2n) is 4.42. The lowest BCUT2D eigenvalue weighted by molar-refractivity contribution is 0.355. The highest BCUT2D eigenvalue weighted by Gasteiger charge is 2.13. The van der Waals surface area contributed by atoms with Crippen LogP contribution in [0.5, 0.6) is 11.5 Å². The molecule has 21 heavy (non-hydrogen) atoms. The van der Waals surface area contributed by atoms with Crippen molar-refractivity contribution in [1.29, 1.82) is 0 Å². The van der Waals surface area contributed by atoms with Crippen molar-refractivity contribution in [2.45, 2.75) is 0 Å². The minimum absolute atomic E-state index is 0.415. The Bertz CT molecular complexity index is 840. The summed E-state index contributed by atoms with van der Waals surface area (Å²) in [6.45, 7) is 0. The SMILES string of the molecule is COc1cc2oc(=O)cc(-c3ccncc3)c2cc1OC. The van der Waals surface area contributed by atoms with E-state index in [0.29, 0.717) is 17.1 Å². The van der Waals surface area contributed by atoms with E-state index in [1.165, 1.54) is 13.2 Å². The van der Waals surface area contributed by atoms with Crippen molar-refractivity contribution in [3.63, 3.8) is 0 Å². The van der Waals surface area contributed by atoms with Crippen molar-refractivity contribution in [2.75, 3.05) is 14.2 Å². The second-order valence-corrected chi connectivity index (χ2v) is 4.42. The van der Waals surface area contributed by atoms with E-state index in [9.17, 15) is 4.79 Å². The molecule has 0 N–H and O–H groups in total. The molecule has 5 heteroatoms. The van der Waals surface area contributed by atoms with Crippen LogP contribution in [-0.2, 0) is 0 Å². The Morgan fingerprint density at radius 1 is 1.00 bits per heavy atom. The minimum Gasteiger partial charge on any atom is -0.493 e. The third-order valence-corrected chi connectivity index (χ3v) is 3.24. The molecule has 0 spiro atoms. The number of fused-ring (bicyclic) bond motifs is 1. The molecule has 2 heterocycles. The Kier molecular flexibility index (Phi) is 3.31. The molecule has 0 aliphatic heterocycles. The molecule has 2 aromatic heterocycles. The number of aromatic nitrogens is 1. The van der Waals surface area contributed by atoms with Crippen LogP contribution < -0.4 is 15.1 Å². The van der Waals surface area contributed by atoms with Crippen molar-refractivity contribution < 1.29 is 13.9 Å².